The van der Waals surface area contributed by atoms with Crippen molar-refractivity contribution in [3.63, 3.8) is 0 Å². The number of hydrogen-bond donors (Lipinski definition) is 0. The molecule has 1 aromatic heterocycles. The minimum absolute atomic E-state index is 1.18. The third-order valence-electron chi connectivity index (χ3n) is 2.65. The van der Waals surface area contributed by atoms with Crippen molar-refractivity contribution in [3.05, 3.63) is 41.0 Å². The van der Waals surface area contributed by atoms with Crippen molar-refractivity contribution in [2.75, 3.05) is 0 Å². The highest BCUT2D eigenvalue weighted by atomic mass is 14.6. The maximum Gasteiger partial charge on any atom is 0.0345 e. The van der Waals surface area contributed by atoms with Crippen LogP contribution in [0.4, 0.5) is 0 Å². The van der Waals surface area contributed by atoms with Gasteiger partial charge in [0.1, 0.15) is 0 Å². The number of fused-ring (bicyclic) bond motifs is 1. The quantitative estimate of drug-likeness (QED) is 0.600. The summed E-state index contributed by atoms with van der Waals surface area (Å²) in [7, 11) is 0. The molecule has 0 saturated carbocycles. The lowest BCUT2D eigenvalue weighted by Crippen LogP contribution is -2.26. The molecule has 0 amide bonds. The van der Waals surface area contributed by atoms with E-state index in [4.69, 9.17) is 0 Å². The van der Waals surface area contributed by atoms with Crippen LogP contribution in [0.1, 0.15) is 26.2 Å². The Hall–Kier alpha value is -1.37. The van der Waals surface area contributed by atoms with Gasteiger partial charge in [0, 0.05) is 12.4 Å². The molecule has 1 aromatic rings. The average molecular weight is 185 g/mol. The summed E-state index contributed by atoms with van der Waals surface area (Å²) in [6.07, 6.45) is 14.0. The first kappa shape index (κ1) is 9.20. The number of aromatic nitrogens is 1. The van der Waals surface area contributed by atoms with Gasteiger partial charge >= 0.3 is 0 Å². The molecule has 0 bridgehead atoms. The van der Waals surface area contributed by atoms with Crippen molar-refractivity contribution >= 4 is 11.6 Å². The zero-order valence-electron chi connectivity index (χ0n) is 8.53. The fraction of sp³-hybridized carbons (Fsp3) is 0.308. The Labute approximate surface area is 84.5 Å². The number of rotatable bonds is 0. The molecule has 1 nitrogen and oxygen atoms in total. The minimum Gasteiger partial charge on any atom is -0.264 e. The molecule has 0 fully saturated rings. The summed E-state index contributed by atoms with van der Waals surface area (Å²) in [5.41, 5.74) is 1.45. The van der Waals surface area contributed by atoms with Gasteiger partial charge in [0.05, 0.1) is 0 Å². The van der Waals surface area contributed by atoms with E-state index >= 15 is 0 Å². The van der Waals surface area contributed by atoms with Crippen molar-refractivity contribution in [3.8, 4) is 0 Å². The summed E-state index contributed by atoms with van der Waals surface area (Å²) in [5, 5.41) is 2.59. The SMILES string of the molecule is C\C1=c2/cncc/c2=C/C=C\CCC1. The lowest BCUT2D eigenvalue weighted by Gasteiger charge is -1.98. The topological polar surface area (TPSA) is 12.9 Å². The van der Waals surface area contributed by atoms with Gasteiger partial charge in [-0.1, -0.05) is 23.8 Å². The normalized spacial score (nSPS) is 24.8. The molecule has 1 heterocycles. The van der Waals surface area contributed by atoms with Gasteiger partial charge in [-0.05, 0) is 42.7 Å². The standard InChI is InChI=1S/C13H15N/c1-11-6-4-2-3-5-7-12-8-9-14-10-13(11)12/h3,5,7-10H,2,4,6H2,1H3/b5-3-,12-7-,13-11-. The van der Waals surface area contributed by atoms with Gasteiger partial charge < -0.3 is 0 Å². The Morgan fingerprint density at radius 2 is 2.29 bits per heavy atom. The maximum absolute atomic E-state index is 4.19. The first-order valence-electron chi connectivity index (χ1n) is 5.14. The summed E-state index contributed by atoms with van der Waals surface area (Å²) in [6, 6.07) is 2.08. The molecule has 1 aliphatic rings. The van der Waals surface area contributed by atoms with E-state index in [0.717, 1.165) is 0 Å². The van der Waals surface area contributed by atoms with Crippen LogP contribution in [-0.2, 0) is 0 Å². The van der Waals surface area contributed by atoms with Gasteiger partial charge in [-0.25, -0.2) is 0 Å². The Bertz CT molecular complexity index is 454. The van der Waals surface area contributed by atoms with Gasteiger partial charge in [0.15, 0.2) is 0 Å². The summed E-state index contributed by atoms with van der Waals surface area (Å²) in [4.78, 5) is 4.19. The molecule has 0 radical (unpaired) electrons. The molecule has 0 unspecified atom stereocenters. The van der Waals surface area contributed by atoms with E-state index in [1.54, 1.807) is 0 Å². The molecule has 14 heavy (non-hydrogen) atoms. The Morgan fingerprint density at radius 1 is 1.36 bits per heavy atom. The second kappa shape index (κ2) is 4.23. The molecular weight excluding hydrogens is 170 g/mol. The average Bonchev–Trinajstić information content (AvgIpc) is 2.30. The number of hydrogen-bond acceptors (Lipinski definition) is 1. The van der Waals surface area contributed by atoms with Crippen LogP contribution >= 0.6 is 0 Å². The molecule has 0 N–H and O–H groups in total. The second-order valence-corrected chi connectivity index (χ2v) is 3.73. The number of allylic oxidation sites excluding steroid dienone is 2. The van der Waals surface area contributed by atoms with E-state index in [-0.39, 0.29) is 0 Å². The van der Waals surface area contributed by atoms with Crippen LogP contribution in [0.2, 0.25) is 0 Å². The summed E-state index contributed by atoms with van der Waals surface area (Å²) in [6.45, 7) is 2.21. The van der Waals surface area contributed by atoms with E-state index < -0.39 is 0 Å². The third kappa shape index (κ3) is 1.92. The van der Waals surface area contributed by atoms with Crippen molar-refractivity contribution < 1.29 is 0 Å². The molecule has 1 aliphatic carbocycles. The van der Waals surface area contributed by atoms with Crippen molar-refractivity contribution in [2.45, 2.75) is 26.2 Å². The van der Waals surface area contributed by atoms with E-state index in [9.17, 15) is 0 Å². The molecule has 72 valence electrons. The van der Waals surface area contributed by atoms with Gasteiger partial charge in [0.25, 0.3) is 0 Å². The highest BCUT2D eigenvalue weighted by molar-refractivity contribution is 5.46. The van der Waals surface area contributed by atoms with Crippen LogP contribution in [0.5, 0.6) is 0 Å². The Morgan fingerprint density at radius 3 is 3.21 bits per heavy atom. The predicted octanol–water partition coefficient (Wildman–Crippen LogP) is 1.77. The zero-order chi connectivity index (χ0) is 9.80. The Balaban J connectivity index is 2.71. The van der Waals surface area contributed by atoms with Crippen molar-refractivity contribution in [1.82, 2.24) is 4.98 Å². The fourth-order valence-corrected chi connectivity index (χ4v) is 1.79. The van der Waals surface area contributed by atoms with Crippen LogP contribution < -0.4 is 10.4 Å². The second-order valence-electron chi connectivity index (χ2n) is 3.73. The van der Waals surface area contributed by atoms with E-state index in [1.807, 2.05) is 12.4 Å². The van der Waals surface area contributed by atoms with Gasteiger partial charge in [-0.15, -0.1) is 0 Å². The molecule has 0 atom stereocenters. The van der Waals surface area contributed by atoms with Crippen molar-refractivity contribution in [2.24, 2.45) is 0 Å². The molecule has 1 heteroatoms. The van der Waals surface area contributed by atoms with Gasteiger partial charge in [0.2, 0.25) is 0 Å². The maximum atomic E-state index is 4.19. The largest absolute Gasteiger partial charge is 0.264 e. The molecule has 0 aliphatic heterocycles. The fourth-order valence-electron chi connectivity index (χ4n) is 1.79. The minimum atomic E-state index is 1.18. The first-order chi connectivity index (χ1) is 6.88. The number of nitrogens with zero attached hydrogens (tertiary/aromatic N) is 1. The summed E-state index contributed by atoms with van der Waals surface area (Å²) in [5.74, 6) is 0. The van der Waals surface area contributed by atoms with E-state index in [0.29, 0.717) is 0 Å². The highest BCUT2D eigenvalue weighted by Gasteiger charge is 1.95. The molecule has 2 rings (SSSR count). The molecular formula is C13H15N. The lowest BCUT2D eigenvalue weighted by molar-refractivity contribution is 0.873. The van der Waals surface area contributed by atoms with Gasteiger partial charge in [-0.3, -0.25) is 4.98 Å². The van der Waals surface area contributed by atoms with E-state index in [1.165, 1.54) is 35.3 Å². The lowest BCUT2D eigenvalue weighted by atomic mass is 10.1. The van der Waals surface area contributed by atoms with E-state index in [2.05, 4.69) is 36.2 Å². The summed E-state index contributed by atoms with van der Waals surface area (Å²) >= 11 is 0. The Kier molecular flexibility index (Phi) is 2.78. The monoisotopic (exact) mass is 185 g/mol. The predicted molar refractivity (Wildman–Crippen MR) is 60.0 cm³/mol. The van der Waals surface area contributed by atoms with Gasteiger partial charge in [-0.2, -0.15) is 0 Å². The third-order valence-corrected chi connectivity index (χ3v) is 2.65. The van der Waals surface area contributed by atoms with Crippen LogP contribution in [0.3, 0.4) is 0 Å². The summed E-state index contributed by atoms with van der Waals surface area (Å²) < 4.78 is 0. The first-order valence-corrected chi connectivity index (χ1v) is 5.14. The smallest absolute Gasteiger partial charge is 0.0345 e. The van der Waals surface area contributed by atoms with Crippen LogP contribution in [0, 0.1) is 0 Å². The van der Waals surface area contributed by atoms with Crippen LogP contribution in [-0.4, -0.2) is 4.98 Å². The molecule has 0 saturated heterocycles. The molecule has 0 spiro atoms. The van der Waals surface area contributed by atoms with Crippen LogP contribution in [0.15, 0.2) is 30.6 Å². The van der Waals surface area contributed by atoms with Crippen molar-refractivity contribution in [1.29, 1.82) is 0 Å². The highest BCUT2D eigenvalue weighted by Crippen LogP contribution is 2.06. The molecule has 0 aromatic carbocycles. The zero-order valence-corrected chi connectivity index (χ0v) is 8.53. The van der Waals surface area contributed by atoms with Crippen LogP contribution in [0.25, 0.3) is 11.6 Å². The number of pyridine rings is 1.